The lowest BCUT2D eigenvalue weighted by atomic mass is 9.98. The zero-order chi connectivity index (χ0) is 11.2. The van der Waals surface area contributed by atoms with Crippen LogP contribution < -0.4 is 9.47 Å². The van der Waals surface area contributed by atoms with Crippen molar-refractivity contribution in [3.8, 4) is 11.5 Å². The molecule has 1 aromatic carbocycles. The molecule has 0 aromatic heterocycles. The molecule has 2 nitrogen and oxygen atoms in total. The molecule has 0 bridgehead atoms. The average Bonchev–Trinajstić information content (AvgIpc) is 2.31. The van der Waals surface area contributed by atoms with E-state index in [0.29, 0.717) is 12.7 Å². The fourth-order valence-corrected chi connectivity index (χ4v) is 2.18. The molecule has 1 aliphatic rings. The summed E-state index contributed by atoms with van der Waals surface area (Å²) in [7, 11) is 0. The molecule has 1 aromatic rings. The first-order valence-electron chi connectivity index (χ1n) is 6.28. The van der Waals surface area contributed by atoms with Crippen LogP contribution in [0.4, 0.5) is 0 Å². The van der Waals surface area contributed by atoms with Gasteiger partial charge in [0.15, 0.2) is 0 Å². The van der Waals surface area contributed by atoms with Gasteiger partial charge in [-0.1, -0.05) is 12.5 Å². The summed E-state index contributed by atoms with van der Waals surface area (Å²) in [4.78, 5) is 0. The SMILES string of the molecule is CCOc1cccc(OC2CCCCC2)c1. The Kier molecular flexibility index (Phi) is 4.09. The lowest BCUT2D eigenvalue weighted by Crippen LogP contribution is -2.19. The van der Waals surface area contributed by atoms with Gasteiger partial charge in [-0.15, -0.1) is 0 Å². The van der Waals surface area contributed by atoms with Crippen LogP contribution in [0.25, 0.3) is 0 Å². The van der Waals surface area contributed by atoms with Gasteiger partial charge in [-0.2, -0.15) is 0 Å². The van der Waals surface area contributed by atoms with Crippen LogP contribution in [0.1, 0.15) is 39.0 Å². The Labute approximate surface area is 97.6 Å². The predicted molar refractivity (Wildman–Crippen MR) is 65.1 cm³/mol. The van der Waals surface area contributed by atoms with Crippen LogP contribution in [-0.2, 0) is 0 Å². The Morgan fingerprint density at radius 2 is 1.88 bits per heavy atom. The Balaban J connectivity index is 1.94. The quantitative estimate of drug-likeness (QED) is 0.768. The van der Waals surface area contributed by atoms with E-state index in [9.17, 15) is 0 Å². The van der Waals surface area contributed by atoms with Crippen LogP contribution in [0, 0.1) is 0 Å². The molecule has 0 aliphatic heterocycles. The number of ether oxygens (including phenoxy) is 2. The third-order valence-corrected chi connectivity index (χ3v) is 2.97. The topological polar surface area (TPSA) is 18.5 Å². The van der Waals surface area contributed by atoms with Gasteiger partial charge in [-0.3, -0.25) is 0 Å². The molecule has 0 amide bonds. The van der Waals surface area contributed by atoms with Gasteiger partial charge in [0.25, 0.3) is 0 Å². The van der Waals surface area contributed by atoms with E-state index in [0.717, 1.165) is 11.5 Å². The minimum absolute atomic E-state index is 0.408. The van der Waals surface area contributed by atoms with E-state index in [-0.39, 0.29) is 0 Å². The fourth-order valence-electron chi connectivity index (χ4n) is 2.18. The molecule has 0 heterocycles. The predicted octanol–water partition coefficient (Wildman–Crippen LogP) is 3.80. The molecule has 2 rings (SSSR count). The molecule has 0 unspecified atom stereocenters. The van der Waals surface area contributed by atoms with E-state index >= 15 is 0 Å². The molecule has 88 valence electrons. The third-order valence-electron chi connectivity index (χ3n) is 2.97. The zero-order valence-corrected chi connectivity index (χ0v) is 9.95. The van der Waals surface area contributed by atoms with Crippen molar-refractivity contribution < 1.29 is 9.47 Å². The van der Waals surface area contributed by atoms with Crippen molar-refractivity contribution in [2.75, 3.05) is 6.61 Å². The van der Waals surface area contributed by atoms with Crippen LogP contribution in [0.15, 0.2) is 24.3 Å². The Hall–Kier alpha value is -1.18. The minimum atomic E-state index is 0.408. The van der Waals surface area contributed by atoms with E-state index in [1.165, 1.54) is 32.1 Å². The maximum atomic E-state index is 5.96. The van der Waals surface area contributed by atoms with E-state index < -0.39 is 0 Å². The molecule has 16 heavy (non-hydrogen) atoms. The highest BCUT2D eigenvalue weighted by atomic mass is 16.5. The van der Waals surface area contributed by atoms with Crippen molar-refractivity contribution in [2.24, 2.45) is 0 Å². The van der Waals surface area contributed by atoms with Gasteiger partial charge in [-0.25, -0.2) is 0 Å². The molecular formula is C14H20O2. The maximum Gasteiger partial charge on any atom is 0.123 e. The number of benzene rings is 1. The van der Waals surface area contributed by atoms with E-state index in [1.807, 2.05) is 31.2 Å². The summed E-state index contributed by atoms with van der Waals surface area (Å²) in [6.45, 7) is 2.70. The summed E-state index contributed by atoms with van der Waals surface area (Å²) in [5.74, 6) is 1.84. The van der Waals surface area contributed by atoms with Gasteiger partial charge < -0.3 is 9.47 Å². The first-order valence-corrected chi connectivity index (χ1v) is 6.28. The number of hydrogen-bond donors (Lipinski definition) is 0. The second-order valence-corrected chi connectivity index (χ2v) is 4.29. The summed E-state index contributed by atoms with van der Waals surface area (Å²) in [5, 5.41) is 0. The monoisotopic (exact) mass is 220 g/mol. The average molecular weight is 220 g/mol. The molecule has 1 fully saturated rings. The Morgan fingerprint density at radius 3 is 2.62 bits per heavy atom. The van der Waals surface area contributed by atoms with Gasteiger partial charge in [0.2, 0.25) is 0 Å². The van der Waals surface area contributed by atoms with Gasteiger partial charge in [0, 0.05) is 6.07 Å². The van der Waals surface area contributed by atoms with Crippen LogP contribution in [0.2, 0.25) is 0 Å². The molecule has 0 atom stereocenters. The standard InChI is InChI=1S/C14H20O2/c1-2-15-13-9-6-10-14(11-13)16-12-7-4-3-5-8-12/h6,9-12H,2-5,7-8H2,1H3. The largest absolute Gasteiger partial charge is 0.494 e. The molecule has 1 saturated carbocycles. The third kappa shape index (κ3) is 3.16. The number of rotatable bonds is 4. The summed E-state index contributed by atoms with van der Waals surface area (Å²) < 4.78 is 11.4. The molecule has 0 spiro atoms. The number of hydrogen-bond acceptors (Lipinski definition) is 2. The van der Waals surface area contributed by atoms with Crippen molar-refractivity contribution in [1.29, 1.82) is 0 Å². The van der Waals surface area contributed by atoms with E-state index in [2.05, 4.69) is 0 Å². The van der Waals surface area contributed by atoms with Crippen LogP contribution >= 0.6 is 0 Å². The smallest absolute Gasteiger partial charge is 0.123 e. The first kappa shape index (κ1) is 11.3. The van der Waals surface area contributed by atoms with Crippen molar-refractivity contribution in [2.45, 2.75) is 45.1 Å². The normalized spacial score (nSPS) is 17.1. The lowest BCUT2D eigenvalue weighted by molar-refractivity contribution is 0.154. The van der Waals surface area contributed by atoms with Crippen LogP contribution in [0.3, 0.4) is 0 Å². The van der Waals surface area contributed by atoms with Gasteiger partial charge in [0.1, 0.15) is 11.5 Å². The summed E-state index contributed by atoms with van der Waals surface area (Å²) in [6, 6.07) is 7.95. The molecular weight excluding hydrogens is 200 g/mol. The van der Waals surface area contributed by atoms with Crippen molar-refractivity contribution in [3.63, 3.8) is 0 Å². The maximum absolute atomic E-state index is 5.96. The van der Waals surface area contributed by atoms with Crippen molar-refractivity contribution in [1.82, 2.24) is 0 Å². The highest BCUT2D eigenvalue weighted by Gasteiger charge is 2.14. The Bertz CT molecular complexity index is 316. The van der Waals surface area contributed by atoms with Gasteiger partial charge in [-0.05, 0) is 44.7 Å². The van der Waals surface area contributed by atoms with Crippen LogP contribution in [-0.4, -0.2) is 12.7 Å². The molecule has 2 heteroatoms. The van der Waals surface area contributed by atoms with Gasteiger partial charge >= 0.3 is 0 Å². The summed E-state index contributed by atoms with van der Waals surface area (Å²) in [5.41, 5.74) is 0. The highest BCUT2D eigenvalue weighted by Crippen LogP contribution is 2.25. The molecule has 0 saturated heterocycles. The molecule has 0 radical (unpaired) electrons. The van der Waals surface area contributed by atoms with Crippen LogP contribution in [0.5, 0.6) is 11.5 Å². The second kappa shape index (κ2) is 5.78. The minimum Gasteiger partial charge on any atom is -0.494 e. The summed E-state index contributed by atoms with van der Waals surface area (Å²) >= 11 is 0. The zero-order valence-electron chi connectivity index (χ0n) is 9.95. The lowest BCUT2D eigenvalue weighted by Gasteiger charge is -2.23. The van der Waals surface area contributed by atoms with Crippen molar-refractivity contribution >= 4 is 0 Å². The highest BCUT2D eigenvalue weighted by molar-refractivity contribution is 5.33. The van der Waals surface area contributed by atoms with E-state index in [1.54, 1.807) is 0 Å². The van der Waals surface area contributed by atoms with E-state index in [4.69, 9.17) is 9.47 Å². The fraction of sp³-hybridized carbons (Fsp3) is 0.571. The molecule has 0 N–H and O–H groups in total. The second-order valence-electron chi connectivity index (χ2n) is 4.29. The van der Waals surface area contributed by atoms with Crippen molar-refractivity contribution in [3.05, 3.63) is 24.3 Å². The summed E-state index contributed by atoms with van der Waals surface area (Å²) in [6.07, 6.45) is 6.76. The Morgan fingerprint density at radius 1 is 1.12 bits per heavy atom. The first-order chi connectivity index (χ1) is 7.88. The molecule has 1 aliphatic carbocycles. The van der Waals surface area contributed by atoms with Gasteiger partial charge in [0.05, 0.1) is 12.7 Å².